The van der Waals surface area contributed by atoms with Crippen LogP contribution in [0.3, 0.4) is 0 Å². The van der Waals surface area contributed by atoms with Crippen molar-refractivity contribution in [3.63, 3.8) is 0 Å². The lowest BCUT2D eigenvalue weighted by Crippen LogP contribution is -2.15. The van der Waals surface area contributed by atoms with E-state index in [1.165, 1.54) is 38.6 Å². The van der Waals surface area contributed by atoms with Crippen LogP contribution in [0, 0.1) is 0 Å². The molecule has 0 amide bonds. The molecule has 0 radical (unpaired) electrons. The molecule has 4 heteroatoms. The van der Waals surface area contributed by atoms with Gasteiger partial charge in [-0.2, -0.15) is 0 Å². The Morgan fingerprint density at radius 2 is 1.02 bits per heavy atom. The van der Waals surface area contributed by atoms with Crippen LogP contribution in [0.25, 0.3) is 78.3 Å². The molecule has 1 heterocycles. The molecule has 57 heavy (non-hydrogen) atoms. The number of aromatic nitrogens is 3. The normalized spacial score (nSPS) is 12.6. The van der Waals surface area contributed by atoms with E-state index in [1.54, 1.807) is 12.3 Å². The third-order valence-electron chi connectivity index (χ3n) is 10.7. The van der Waals surface area contributed by atoms with Crippen LogP contribution in [0.4, 0.5) is 0 Å². The van der Waals surface area contributed by atoms with E-state index in [4.69, 9.17) is 15.0 Å². The fourth-order valence-corrected chi connectivity index (χ4v) is 7.98. The SMILES string of the molecule is C=CN=C(C=C)c1ccc(-c2cc(-c3nc(-c4ccccc4)nc(-c4ccccc4)n3)cc(-c3cc4c(c5ccccc35)-c3ccccc3C4(C)C)c2)cc1.CC. The van der Waals surface area contributed by atoms with E-state index in [0.717, 1.165) is 44.7 Å². The fourth-order valence-electron chi connectivity index (χ4n) is 7.98. The maximum Gasteiger partial charge on any atom is 0.164 e. The van der Waals surface area contributed by atoms with E-state index in [1.807, 2.05) is 74.5 Å². The lowest BCUT2D eigenvalue weighted by Gasteiger charge is -2.23. The van der Waals surface area contributed by atoms with Gasteiger partial charge in [0.25, 0.3) is 0 Å². The van der Waals surface area contributed by atoms with Gasteiger partial charge in [0, 0.05) is 33.9 Å². The average molecular weight is 737 g/mol. The van der Waals surface area contributed by atoms with E-state index >= 15 is 0 Å². The fraction of sp³-hybridized carbons (Fsp3) is 0.0943. The summed E-state index contributed by atoms with van der Waals surface area (Å²) in [5, 5.41) is 2.45. The third-order valence-corrected chi connectivity index (χ3v) is 10.7. The van der Waals surface area contributed by atoms with E-state index in [2.05, 4.69) is 129 Å². The average Bonchev–Trinajstić information content (AvgIpc) is 3.52. The van der Waals surface area contributed by atoms with Crippen LogP contribution >= 0.6 is 0 Å². The first kappa shape index (κ1) is 36.9. The molecule has 1 aliphatic rings. The Balaban J connectivity index is 0.00000224. The zero-order chi connectivity index (χ0) is 39.5. The Hall–Kier alpha value is -7.04. The van der Waals surface area contributed by atoms with Crippen molar-refractivity contribution in [2.24, 2.45) is 4.99 Å². The van der Waals surface area contributed by atoms with Gasteiger partial charge in [-0.3, -0.25) is 4.99 Å². The van der Waals surface area contributed by atoms with Crippen molar-refractivity contribution in [2.75, 3.05) is 0 Å². The van der Waals surface area contributed by atoms with Gasteiger partial charge in [0.1, 0.15) is 0 Å². The van der Waals surface area contributed by atoms with E-state index < -0.39 is 0 Å². The highest BCUT2D eigenvalue weighted by atomic mass is 15.0. The number of allylic oxidation sites excluding steroid dienone is 1. The number of rotatable bonds is 8. The molecule has 0 bridgehead atoms. The maximum absolute atomic E-state index is 5.15. The summed E-state index contributed by atoms with van der Waals surface area (Å²) < 4.78 is 0. The molecule has 7 aromatic carbocycles. The standard InChI is InChI=1S/C51H38N4.C2H6/c1-5-46(52-6-2)34-27-25-33(26-28-34)37-29-38(43-32-45-47(41-22-14-13-21-40(41)43)42-23-15-16-24-44(42)51(45,3)4)31-39(30-37)50-54-48(35-17-9-7-10-18-35)53-49(55-50)36-19-11-8-12-20-36;1-2/h5-32H,1-2H2,3-4H3;1-2H3. The molecule has 4 nitrogen and oxygen atoms in total. The molecular formula is C53H44N4. The Kier molecular flexibility index (Phi) is 10.1. The predicted octanol–water partition coefficient (Wildman–Crippen LogP) is 13.8. The number of hydrogen-bond acceptors (Lipinski definition) is 4. The first-order valence-electron chi connectivity index (χ1n) is 19.5. The molecule has 0 saturated carbocycles. The summed E-state index contributed by atoms with van der Waals surface area (Å²) in [5.74, 6) is 1.86. The molecule has 1 aromatic heterocycles. The van der Waals surface area contributed by atoms with Gasteiger partial charge < -0.3 is 0 Å². The molecule has 0 spiro atoms. The minimum atomic E-state index is -0.166. The summed E-state index contributed by atoms with van der Waals surface area (Å²) in [6.45, 7) is 16.4. The van der Waals surface area contributed by atoms with Crippen LogP contribution in [0.1, 0.15) is 44.4 Å². The van der Waals surface area contributed by atoms with Gasteiger partial charge >= 0.3 is 0 Å². The zero-order valence-corrected chi connectivity index (χ0v) is 32.9. The summed E-state index contributed by atoms with van der Waals surface area (Å²) >= 11 is 0. The van der Waals surface area contributed by atoms with Crippen molar-refractivity contribution >= 4 is 16.5 Å². The second-order valence-electron chi connectivity index (χ2n) is 14.4. The Morgan fingerprint density at radius 3 is 1.63 bits per heavy atom. The van der Waals surface area contributed by atoms with Crippen molar-refractivity contribution in [2.45, 2.75) is 33.1 Å². The molecule has 0 aliphatic heterocycles. The lowest BCUT2D eigenvalue weighted by atomic mass is 9.80. The van der Waals surface area contributed by atoms with Gasteiger partial charge in [-0.15, -0.1) is 0 Å². The first-order valence-corrected chi connectivity index (χ1v) is 19.5. The lowest BCUT2D eigenvalue weighted by molar-refractivity contribution is 0.661. The predicted molar refractivity (Wildman–Crippen MR) is 240 cm³/mol. The smallest absolute Gasteiger partial charge is 0.164 e. The maximum atomic E-state index is 5.15. The minimum Gasteiger partial charge on any atom is -0.257 e. The number of aliphatic imine (C=N–C) groups is 1. The summed E-state index contributed by atoms with van der Waals surface area (Å²) in [5.41, 5.74) is 14.0. The van der Waals surface area contributed by atoms with Crippen LogP contribution in [0.2, 0.25) is 0 Å². The molecule has 0 unspecified atom stereocenters. The van der Waals surface area contributed by atoms with Gasteiger partial charge in [0.05, 0.1) is 5.71 Å². The van der Waals surface area contributed by atoms with E-state index in [0.29, 0.717) is 17.5 Å². The summed E-state index contributed by atoms with van der Waals surface area (Å²) in [6, 6.07) is 55.5. The van der Waals surface area contributed by atoms with Crippen LogP contribution in [-0.2, 0) is 5.41 Å². The molecule has 0 N–H and O–H groups in total. The number of benzene rings is 7. The largest absolute Gasteiger partial charge is 0.257 e. The van der Waals surface area contributed by atoms with Crippen LogP contribution < -0.4 is 0 Å². The minimum absolute atomic E-state index is 0.166. The molecular weight excluding hydrogens is 693 g/mol. The zero-order valence-electron chi connectivity index (χ0n) is 32.9. The molecule has 1 aliphatic carbocycles. The van der Waals surface area contributed by atoms with Crippen molar-refractivity contribution in [3.8, 4) is 67.5 Å². The van der Waals surface area contributed by atoms with Gasteiger partial charge in [-0.05, 0) is 85.6 Å². The van der Waals surface area contributed by atoms with Crippen molar-refractivity contribution in [3.05, 3.63) is 200 Å². The quantitative estimate of drug-likeness (QED) is 0.146. The van der Waals surface area contributed by atoms with Crippen molar-refractivity contribution in [1.82, 2.24) is 15.0 Å². The molecule has 0 fully saturated rings. The second kappa shape index (κ2) is 15.6. The first-order chi connectivity index (χ1) is 27.9. The van der Waals surface area contributed by atoms with E-state index in [9.17, 15) is 0 Å². The molecule has 0 saturated heterocycles. The van der Waals surface area contributed by atoms with Gasteiger partial charge in [-0.25, -0.2) is 15.0 Å². The molecule has 9 rings (SSSR count). The topological polar surface area (TPSA) is 51.0 Å². The highest BCUT2D eigenvalue weighted by Crippen LogP contribution is 2.53. The Bertz CT molecular complexity index is 2740. The highest BCUT2D eigenvalue weighted by molar-refractivity contribution is 6.10. The van der Waals surface area contributed by atoms with Gasteiger partial charge in [0.2, 0.25) is 0 Å². The molecule has 0 atom stereocenters. The van der Waals surface area contributed by atoms with Crippen LogP contribution in [0.15, 0.2) is 188 Å². The van der Waals surface area contributed by atoms with Gasteiger partial charge in [-0.1, -0.05) is 174 Å². The van der Waals surface area contributed by atoms with E-state index in [-0.39, 0.29) is 5.41 Å². The number of nitrogens with zero attached hydrogens (tertiary/aromatic N) is 4. The number of hydrogen-bond donors (Lipinski definition) is 0. The third kappa shape index (κ3) is 6.81. The second-order valence-corrected chi connectivity index (χ2v) is 14.4. The van der Waals surface area contributed by atoms with Crippen LogP contribution in [0.5, 0.6) is 0 Å². The van der Waals surface area contributed by atoms with Crippen LogP contribution in [-0.4, -0.2) is 20.7 Å². The number of fused-ring (bicyclic) bond motifs is 5. The molecule has 8 aromatic rings. The Morgan fingerprint density at radius 1 is 0.491 bits per heavy atom. The summed E-state index contributed by atoms with van der Waals surface area (Å²) in [4.78, 5) is 19.7. The summed E-state index contributed by atoms with van der Waals surface area (Å²) in [7, 11) is 0. The Labute approximate surface area is 335 Å². The van der Waals surface area contributed by atoms with Crippen molar-refractivity contribution < 1.29 is 0 Å². The monoisotopic (exact) mass is 736 g/mol. The summed E-state index contributed by atoms with van der Waals surface area (Å²) in [6.07, 6.45) is 3.30. The van der Waals surface area contributed by atoms with Crippen molar-refractivity contribution in [1.29, 1.82) is 0 Å². The highest BCUT2D eigenvalue weighted by Gasteiger charge is 2.37. The van der Waals surface area contributed by atoms with Gasteiger partial charge in [0.15, 0.2) is 17.5 Å². The molecule has 276 valence electrons.